The van der Waals surface area contributed by atoms with Gasteiger partial charge in [-0.1, -0.05) is 12.1 Å². The molecule has 1 aliphatic rings. The number of sulfonamides is 1. The van der Waals surface area contributed by atoms with Gasteiger partial charge in [0.15, 0.2) is 5.96 Å². The largest absolute Gasteiger partial charge is 0.370 e. The predicted octanol–water partition coefficient (Wildman–Crippen LogP) is -0.110. The summed E-state index contributed by atoms with van der Waals surface area (Å²) < 4.78 is 29.3. The van der Waals surface area contributed by atoms with E-state index in [9.17, 15) is 13.2 Å². The number of guanidine groups is 1. The molecular formula is C24H35N9O3S. The Balaban J connectivity index is 1.35. The number of fused-ring (bicyclic) bond motifs is 1. The Hall–Kier alpha value is -3.26. The Morgan fingerprint density at radius 2 is 1.95 bits per heavy atom. The molecule has 1 fully saturated rings. The van der Waals surface area contributed by atoms with Gasteiger partial charge in [-0.25, -0.2) is 17.9 Å². The van der Waals surface area contributed by atoms with Crippen molar-refractivity contribution in [2.45, 2.75) is 38.3 Å². The van der Waals surface area contributed by atoms with E-state index in [4.69, 9.17) is 11.1 Å². The first-order valence-electron chi connectivity index (χ1n) is 12.5. The number of hydrogen-bond donors (Lipinski definition) is 7. The molecule has 1 saturated heterocycles. The number of aromatic nitrogens is 3. The Morgan fingerprint density at radius 3 is 2.68 bits per heavy atom. The minimum atomic E-state index is -3.40. The topological polar surface area (TPSA) is 183 Å². The second-order valence-corrected chi connectivity index (χ2v) is 11.1. The summed E-state index contributed by atoms with van der Waals surface area (Å²) >= 11 is 0. The van der Waals surface area contributed by atoms with E-state index in [1.807, 2.05) is 30.3 Å². The lowest BCUT2D eigenvalue weighted by molar-refractivity contribution is 0.427. The fraction of sp³-hybridized carbons (Fsp3) is 0.458. The number of aromatic amines is 1. The van der Waals surface area contributed by atoms with E-state index in [-0.39, 0.29) is 17.8 Å². The van der Waals surface area contributed by atoms with Crippen LogP contribution >= 0.6 is 0 Å². The number of nitrogens with two attached hydrogens (primary N) is 1. The number of rotatable bonds is 12. The van der Waals surface area contributed by atoms with Crippen LogP contribution in [0.25, 0.3) is 16.7 Å². The van der Waals surface area contributed by atoms with Crippen LogP contribution in [0.1, 0.15) is 30.5 Å². The summed E-state index contributed by atoms with van der Waals surface area (Å²) in [7, 11) is -3.40. The molecule has 4 rings (SSSR count). The molecule has 2 aromatic heterocycles. The van der Waals surface area contributed by atoms with Crippen molar-refractivity contribution in [2.24, 2.45) is 5.73 Å². The summed E-state index contributed by atoms with van der Waals surface area (Å²) in [5.74, 6) is -0.0564. The van der Waals surface area contributed by atoms with Gasteiger partial charge in [-0.15, -0.1) is 0 Å². The van der Waals surface area contributed by atoms with E-state index in [2.05, 4.69) is 30.6 Å². The molecule has 1 aliphatic heterocycles. The number of aryl methyl sites for hydroxylation is 1. The van der Waals surface area contributed by atoms with Crippen molar-refractivity contribution < 1.29 is 8.42 Å². The summed E-state index contributed by atoms with van der Waals surface area (Å²) in [5.41, 5.74) is 7.78. The van der Waals surface area contributed by atoms with Gasteiger partial charge in [0, 0.05) is 42.8 Å². The fourth-order valence-corrected chi connectivity index (χ4v) is 5.66. The van der Waals surface area contributed by atoms with E-state index in [1.54, 1.807) is 6.20 Å². The lowest BCUT2D eigenvalue weighted by Gasteiger charge is -2.23. The van der Waals surface area contributed by atoms with E-state index in [0.29, 0.717) is 30.8 Å². The highest BCUT2D eigenvalue weighted by Crippen LogP contribution is 2.15. The Bertz CT molecular complexity index is 1360. The second kappa shape index (κ2) is 12.3. The summed E-state index contributed by atoms with van der Waals surface area (Å²) in [4.78, 5) is 19.9. The first kappa shape index (κ1) is 26.8. The SMILES string of the molecule is N=C(N)NCCCNCc1ccc(-n2cc3cc(CCS(=O)(=O)NC4CCNCC4)[nH]c3nc2=O)cc1. The molecule has 3 aromatic rings. The number of hydrogen-bond acceptors (Lipinski definition) is 7. The molecule has 0 atom stereocenters. The maximum absolute atomic E-state index is 12.7. The minimum absolute atomic E-state index is 0.0187. The van der Waals surface area contributed by atoms with E-state index >= 15 is 0 Å². The van der Waals surface area contributed by atoms with Crippen LogP contribution in [-0.4, -0.2) is 66.9 Å². The zero-order chi connectivity index (χ0) is 26.3. The molecule has 37 heavy (non-hydrogen) atoms. The third-order valence-corrected chi connectivity index (χ3v) is 7.71. The molecule has 0 saturated carbocycles. The van der Waals surface area contributed by atoms with Crippen molar-refractivity contribution in [3.8, 4) is 5.69 Å². The third kappa shape index (κ3) is 7.86. The summed E-state index contributed by atoms with van der Waals surface area (Å²) in [6, 6.07) is 9.48. The van der Waals surface area contributed by atoms with Gasteiger partial charge >= 0.3 is 5.69 Å². The fourth-order valence-electron chi connectivity index (χ4n) is 4.31. The number of nitrogens with one attached hydrogen (secondary N) is 6. The highest BCUT2D eigenvalue weighted by atomic mass is 32.2. The van der Waals surface area contributed by atoms with Gasteiger partial charge in [-0.3, -0.25) is 9.98 Å². The van der Waals surface area contributed by atoms with Crippen molar-refractivity contribution in [3.63, 3.8) is 0 Å². The van der Waals surface area contributed by atoms with Crippen LogP contribution in [0.15, 0.2) is 41.3 Å². The van der Waals surface area contributed by atoms with Gasteiger partial charge in [-0.2, -0.15) is 4.98 Å². The third-order valence-electron chi connectivity index (χ3n) is 6.28. The average Bonchev–Trinajstić information content (AvgIpc) is 3.27. The number of H-pyrrole nitrogens is 1. The molecule has 8 N–H and O–H groups in total. The van der Waals surface area contributed by atoms with Gasteiger partial charge < -0.3 is 26.7 Å². The predicted molar refractivity (Wildman–Crippen MR) is 144 cm³/mol. The lowest BCUT2D eigenvalue weighted by Crippen LogP contribution is -2.43. The summed E-state index contributed by atoms with van der Waals surface area (Å²) in [5, 5.41) is 17.2. The first-order chi connectivity index (χ1) is 17.8. The van der Waals surface area contributed by atoms with Gasteiger partial charge in [0.1, 0.15) is 5.65 Å². The molecule has 3 heterocycles. The highest BCUT2D eigenvalue weighted by Gasteiger charge is 2.20. The van der Waals surface area contributed by atoms with Crippen LogP contribution in [-0.2, 0) is 23.0 Å². The molecule has 200 valence electrons. The van der Waals surface area contributed by atoms with Crippen LogP contribution < -0.4 is 32.1 Å². The molecule has 0 spiro atoms. The molecule has 12 nitrogen and oxygen atoms in total. The number of piperidine rings is 1. The van der Waals surface area contributed by atoms with Crippen LogP contribution in [0.5, 0.6) is 0 Å². The van der Waals surface area contributed by atoms with Crippen molar-refractivity contribution in [2.75, 3.05) is 31.9 Å². The molecule has 0 unspecified atom stereocenters. The highest BCUT2D eigenvalue weighted by molar-refractivity contribution is 7.89. The van der Waals surface area contributed by atoms with E-state index in [0.717, 1.165) is 55.5 Å². The number of nitrogens with zero attached hydrogens (tertiary/aromatic N) is 2. The van der Waals surface area contributed by atoms with Crippen LogP contribution in [0, 0.1) is 5.41 Å². The maximum Gasteiger partial charge on any atom is 0.354 e. The molecule has 1 aromatic carbocycles. The molecular weight excluding hydrogens is 494 g/mol. The molecule has 0 radical (unpaired) electrons. The molecule has 0 amide bonds. The van der Waals surface area contributed by atoms with Gasteiger partial charge in [-0.05, 0) is 62.7 Å². The quantitative estimate of drug-likeness (QED) is 0.0963. The van der Waals surface area contributed by atoms with Crippen LogP contribution in [0.2, 0.25) is 0 Å². The van der Waals surface area contributed by atoms with Crippen LogP contribution in [0.4, 0.5) is 0 Å². The van der Waals surface area contributed by atoms with Gasteiger partial charge in [0.2, 0.25) is 10.0 Å². The lowest BCUT2D eigenvalue weighted by atomic mass is 10.1. The van der Waals surface area contributed by atoms with E-state index < -0.39 is 15.7 Å². The van der Waals surface area contributed by atoms with Gasteiger partial charge in [0.05, 0.1) is 11.4 Å². The maximum atomic E-state index is 12.7. The molecule has 0 aliphatic carbocycles. The Labute approximate surface area is 216 Å². The van der Waals surface area contributed by atoms with Crippen molar-refractivity contribution in [1.82, 2.24) is 35.2 Å². The second-order valence-electron chi connectivity index (χ2n) is 9.24. The van der Waals surface area contributed by atoms with Gasteiger partial charge in [0.25, 0.3) is 0 Å². The summed E-state index contributed by atoms with van der Waals surface area (Å²) in [6.07, 6.45) is 4.45. The normalized spacial score (nSPS) is 14.7. The molecule has 13 heteroatoms. The van der Waals surface area contributed by atoms with Crippen molar-refractivity contribution in [3.05, 3.63) is 58.3 Å². The monoisotopic (exact) mass is 529 g/mol. The van der Waals surface area contributed by atoms with Crippen molar-refractivity contribution in [1.29, 1.82) is 5.41 Å². The zero-order valence-corrected chi connectivity index (χ0v) is 21.5. The standard InChI is InChI=1S/C24H35N9O3S/c25-23(26)29-10-1-9-28-15-17-2-4-21(5-3-17)33-16-18-14-20(30-22(18)31-24(33)34)8-13-37(35,36)32-19-6-11-27-12-7-19/h2-5,14,16,19,27-28,32H,1,6-13,15H2,(H4,25,26,29)(H,30,31,34). The molecule has 0 bridgehead atoms. The summed E-state index contributed by atoms with van der Waals surface area (Å²) in [6.45, 7) is 3.75. The average molecular weight is 530 g/mol. The smallest absolute Gasteiger partial charge is 0.354 e. The van der Waals surface area contributed by atoms with Crippen molar-refractivity contribution >= 4 is 27.0 Å². The zero-order valence-electron chi connectivity index (χ0n) is 20.7. The minimum Gasteiger partial charge on any atom is -0.370 e. The Morgan fingerprint density at radius 1 is 1.19 bits per heavy atom. The van der Waals surface area contributed by atoms with Crippen LogP contribution in [0.3, 0.4) is 0 Å². The first-order valence-corrected chi connectivity index (χ1v) is 14.1. The van der Waals surface area contributed by atoms with E-state index in [1.165, 1.54) is 4.57 Å². The number of benzene rings is 1. The Kier molecular flexibility index (Phi) is 8.92.